The molecule has 8 heteroatoms. The van der Waals surface area contributed by atoms with Crippen molar-refractivity contribution in [3.63, 3.8) is 0 Å². The van der Waals surface area contributed by atoms with Gasteiger partial charge in [0.05, 0.1) is 23.8 Å². The highest BCUT2D eigenvalue weighted by atomic mass is 32.2. The van der Waals surface area contributed by atoms with Crippen LogP contribution >= 0.6 is 0 Å². The number of anilines is 1. The van der Waals surface area contributed by atoms with Crippen LogP contribution in [0.1, 0.15) is 13.8 Å². The van der Waals surface area contributed by atoms with E-state index in [1.165, 1.54) is 12.1 Å². The van der Waals surface area contributed by atoms with Gasteiger partial charge >= 0.3 is 0 Å². The molecule has 2 aromatic carbocycles. The third kappa shape index (κ3) is 3.96. The van der Waals surface area contributed by atoms with E-state index in [2.05, 4.69) is 4.72 Å². The van der Waals surface area contributed by atoms with Gasteiger partial charge < -0.3 is 18.9 Å². The van der Waals surface area contributed by atoms with Crippen molar-refractivity contribution in [2.75, 3.05) is 31.1 Å². The molecule has 0 aliphatic carbocycles. The summed E-state index contributed by atoms with van der Waals surface area (Å²) < 4.78 is 49.8. The molecular formula is C18H21NO6S. The maximum Gasteiger partial charge on any atom is 0.262 e. The third-order valence-electron chi connectivity index (χ3n) is 3.62. The summed E-state index contributed by atoms with van der Waals surface area (Å²) in [5, 5.41) is 0. The third-order valence-corrected chi connectivity index (χ3v) is 5.00. The molecule has 2 aromatic rings. The van der Waals surface area contributed by atoms with Crippen LogP contribution in [0.3, 0.4) is 0 Å². The number of nitrogens with one attached hydrogen (secondary N) is 1. The van der Waals surface area contributed by atoms with E-state index < -0.39 is 10.0 Å². The Morgan fingerprint density at radius 1 is 0.923 bits per heavy atom. The summed E-state index contributed by atoms with van der Waals surface area (Å²) in [6.45, 7) is 5.49. The molecule has 1 heterocycles. The van der Waals surface area contributed by atoms with E-state index in [4.69, 9.17) is 18.9 Å². The van der Waals surface area contributed by atoms with E-state index in [1.807, 2.05) is 13.8 Å². The second kappa shape index (κ2) is 7.74. The standard InChI is InChI=1S/C18H21NO6S/c1-3-22-15-7-5-13(11-17(15)23-4-2)19-26(20,21)14-6-8-16-18(12-14)25-10-9-24-16/h5-8,11-12,19H,3-4,9-10H2,1-2H3. The van der Waals surface area contributed by atoms with Gasteiger partial charge in [-0.1, -0.05) is 0 Å². The quantitative estimate of drug-likeness (QED) is 0.796. The summed E-state index contributed by atoms with van der Waals surface area (Å²) in [5.41, 5.74) is 0.381. The topological polar surface area (TPSA) is 83.1 Å². The lowest BCUT2D eigenvalue weighted by Gasteiger charge is -2.19. The van der Waals surface area contributed by atoms with Crippen molar-refractivity contribution in [3.8, 4) is 23.0 Å². The first-order valence-electron chi connectivity index (χ1n) is 8.35. The predicted octanol–water partition coefficient (Wildman–Crippen LogP) is 3.06. The highest BCUT2D eigenvalue weighted by Gasteiger charge is 2.20. The van der Waals surface area contributed by atoms with Gasteiger partial charge in [0.1, 0.15) is 13.2 Å². The van der Waals surface area contributed by atoms with Crippen LogP contribution in [0.15, 0.2) is 41.3 Å². The van der Waals surface area contributed by atoms with Gasteiger partial charge in [-0.2, -0.15) is 0 Å². The lowest BCUT2D eigenvalue weighted by Crippen LogP contribution is -2.17. The number of hydrogen-bond acceptors (Lipinski definition) is 6. The molecule has 0 saturated heterocycles. The number of rotatable bonds is 7. The van der Waals surface area contributed by atoms with Crippen LogP contribution in [0.5, 0.6) is 23.0 Å². The van der Waals surface area contributed by atoms with Gasteiger partial charge in [-0.25, -0.2) is 8.42 Å². The zero-order valence-corrected chi connectivity index (χ0v) is 15.5. The first-order valence-corrected chi connectivity index (χ1v) is 9.84. The maximum atomic E-state index is 12.7. The molecule has 0 saturated carbocycles. The minimum absolute atomic E-state index is 0.0913. The van der Waals surface area contributed by atoms with Crippen LogP contribution in [0.4, 0.5) is 5.69 Å². The normalized spacial score (nSPS) is 13.2. The zero-order valence-electron chi connectivity index (χ0n) is 14.7. The van der Waals surface area contributed by atoms with E-state index in [0.29, 0.717) is 55.1 Å². The Hall–Kier alpha value is -2.61. The molecule has 0 fully saturated rings. The van der Waals surface area contributed by atoms with Gasteiger partial charge in [-0.15, -0.1) is 0 Å². The molecule has 0 bridgehead atoms. The summed E-state index contributed by atoms with van der Waals surface area (Å²) in [6.07, 6.45) is 0. The van der Waals surface area contributed by atoms with Crippen LogP contribution in [0.2, 0.25) is 0 Å². The zero-order chi connectivity index (χ0) is 18.6. The Labute approximate surface area is 152 Å². The van der Waals surface area contributed by atoms with Crippen molar-refractivity contribution in [1.82, 2.24) is 0 Å². The summed E-state index contributed by atoms with van der Waals surface area (Å²) in [7, 11) is -3.79. The summed E-state index contributed by atoms with van der Waals surface area (Å²) in [4.78, 5) is 0.0913. The molecule has 0 spiro atoms. The van der Waals surface area contributed by atoms with E-state index in [9.17, 15) is 8.42 Å². The number of fused-ring (bicyclic) bond motifs is 1. The number of hydrogen-bond donors (Lipinski definition) is 1. The first kappa shape index (κ1) is 18.2. The fourth-order valence-electron chi connectivity index (χ4n) is 2.52. The average molecular weight is 379 g/mol. The van der Waals surface area contributed by atoms with Crippen molar-refractivity contribution >= 4 is 15.7 Å². The predicted molar refractivity (Wildman–Crippen MR) is 97.0 cm³/mol. The lowest BCUT2D eigenvalue weighted by atomic mass is 10.3. The first-order chi connectivity index (χ1) is 12.5. The SMILES string of the molecule is CCOc1ccc(NS(=O)(=O)c2ccc3c(c2)OCCO3)cc1OCC. The highest BCUT2D eigenvalue weighted by Crippen LogP contribution is 2.34. The minimum Gasteiger partial charge on any atom is -0.490 e. The van der Waals surface area contributed by atoms with Crippen LogP contribution in [-0.4, -0.2) is 34.8 Å². The molecule has 0 radical (unpaired) electrons. The van der Waals surface area contributed by atoms with Gasteiger partial charge in [-0.05, 0) is 38.1 Å². The van der Waals surface area contributed by atoms with Gasteiger partial charge in [0.15, 0.2) is 23.0 Å². The van der Waals surface area contributed by atoms with Crippen molar-refractivity contribution in [2.45, 2.75) is 18.7 Å². The molecule has 3 rings (SSSR count). The maximum absolute atomic E-state index is 12.7. The fraction of sp³-hybridized carbons (Fsp3) is 0.333. The molecule has 0 aromatic heterocycles. The van der Waals surface area contributed by atoms with E-state index in [0.717, 1.165) is 0 Å². The molecular weight excluding hydrogens is 358 g/mol. The Bertz CT molecular complexity index is 881. The Kier molecular flexibility index (Phi) is 5.41. The van der Waals surface area contributed by atoms with Crippen LogP contribution in [-0.2, 0) is 10.0 Å². The molecule has 0 atom stereocenters. The van der Waals surface area contributed by atoms with E-state index >= 15 is 0 Å². The van der Waals surface area contributed by atoms with Crippen molar-refractivity contribution in [2.24, 2.45) is 0 Å². The second-order valence-electron chi connectivity index (χ2n) is 5.44. The number of sulfonamides is 1. The highest BCUT2D eigenvalue weighted by molar-refractivity contribution is 7.92. The van der Waals surface area contributed by atoms with Crippen LogP contribution in [0.25, 0.3) is 0 Å². The molecule has 1 aliphatic heterocycles. The van der Waals surface area contributed by atoms with Crippen molar-refractivity contribution in [3.05, 3.63) is 36.4 Å². The van der Waals surface area contributed by atoms with Crippen molar-refractivity contribution in [1.29, 1.82) is 0 Å². The van der Waals surface area contributed by atoms with Gasteiger partial charge in [0, 0.05) is 12.1 Å². The molecule has 0 amide bonds. The molecule has 1 aliphatic rings. The Balaban J connectivity index is 1.86. The Morgan fingerprint density at radius 3 is 2.35 bits per heavy atom. The lowest BCUT2D eigenvalue weighted by molar-refractivity contribution is 0.171. The monoisotopic (exact) mass is 379 g/mol. The summed E-state index contributed by atoms with van der Waals surface area (Å²) >= 11 is 0. The van der Waals surface area contributed by atoms with Crippen molar-refractivity contribution < 1.29 is 27.4 Å². The molecule has 26 heavy (non-hydrogen) atoms. The number of ether oxygens (including phenoxy) is 4. The Morgan fingerprint density at radius 2 is 1.62 bits per heavy atom. The van der Waals surface area contributed by atoms with E-state index in [1.54, 1.807) is 24.3 Å². The minimum atomic E-state index is -3.79. The van der Waals surface area contributed by atoms with E-state index in [-0.39, 0.29) is 4.90 Å². The molecule has 1 N–H and O–H groups in total. The molecule has 0 unspecified atom stereocenters. The van der Waals surface area contributed by atoms with Crippen LogP contribution in [0, 0.1) is 0 Å². The number of benzene rings is 2. The fourth-order valence-corrected chi connectivity index (χ4v) is 3.58. The van der Waals surface area contributed by atoms with Gasteiger partial charge in [-0.3, -0.25) is 4.72 Å². The summed E-state index contributed by atoms with van der Waals surface area (Å²) in [6, 6.07) is 9.43. The largest absolute Gasteiger partial charge is 0.490 e. The smallest absolute Gasteiger partial charge is 0.262 e. The van der Waals surface area contributed by atoms with Gasteiger partial charge in [0.2, 0.25) is 0 Å². The van der Waals surface area contributed by atoms with Crippen LogP contribution < -0.4 is 23.7 Å². The molecule has 140 valence electrons. The average Bonchev–Trinajstić information content (AvgIpc) is 2.63. The molecule has 7 nitrogen and oxygen atoms in total. The second-order valence-corrected chi connectivity index (χ2v) is 7.12. The summed E-state index contributed by atoms with van der Waals surface area (Å²) in [5.74, 6) is 2.00. The van der Waals surface area contributed by atoms with Gasteiger partial charge in [0.25, 0.3) is 10.0 Å².